The molecule has 0 heterocycles. The molecule has 0 fully saturated rings. The second-order valence-corrected chi connectivity index (χ2v) is 13.7. The summed E-state index contributed by atoms with van der Waals surface area (Å²) in [5, 5.41) is 9.92. The van der Waals surface area contributed by atoms with Crippen molar-refractivity contribution in [1.82, 2.24) is 0 Å². The van der Waals surface area contributed by atoms with Crippen LogP contribution in [0, 0.1) is 0 Å². The monoisotopic (exact) mass is 673 g/mol. The first-order chi connectivity index (χ1) is 26.3. The van der Waals surface area contributed by atoms with E-state index in [1.165, 1.54) is 76.5 Å². The quantitative estimate of drug-likeness (QED) is 0.159. The highest BCUT2D eigenvalue weighted by atomic mass is 15.1. The third-order valence-corrected chi connectivity index (χ3v) is 10.6. The first-order valence-corrected chi connectivity index (χ1v) is 18.3. The van der Waals surface area contributed by atoms with E-state index in [0.717, 1.165) is 17.1 Å². The summed E-state index contributed by atoms with van der Waals surface area (Å²) in [5.41, 5.74) is 10.6. The molecular weight excluding hydrogens is 639 g/mol. The number of para-hydroxylation sites is 1. The summed E-state index contributed by atoms with van der Waals surface area (Å²) < 4.78 is 0. The molecule has 0 aliphatic carbocycles. The zero-order chi connectivity index (χ0) is 35.1. The number of hydrogen-bond acceptors (Lipinski definition) is 1. The molecule has 0 unspecified atom stereocenters. The molecule has 0 N–H and O–H groups in total. The summed E-state index contributed by atoms with van der Waals surface area (Å²) in [6.07, 6.45) is 0. The largest absolute Gasteiger partial charge is 0.309 e. The first-order valence-electron chi connectivity index (χ1n) is 18.3. The van der Waals surface area contributed by atoms with Gasteiger partial charge in [-0.15, -0.1) is 0 Å². The van der Waals surface area contributed by atoms with Crippen LogP contribution in [0.2, 0.25) is 0 Å². The van der Waals surface area contributed by atoms with Crippen LogP contribution in [0.5, 0.6) is 0 Å². The standard InChI is InChI=1S/C52H35N/c1-2-16-37(17-3-1)44-31-32-52(48-26-11-10-24-46(44)48)53(42-21-14-20-39(34-42)40-30-29-36-15-4-5-18-38(36)33-40)51-28-13-12-27-49(51)50-35-41-19-6-7-22-43(41)45-23-8-9-25-47(45)50/h1-35H. The Bertz CT molecular complexity index is 2960. The van der Waals surface area contributed by atoms with Gasteiger partial charge in [-0.2, -0.15) is 0 Å². The van der Waals surface area contributed by atoms with Crippen molar-refractivity contribution in [3.63, 3.8) is 0 Å². The molecule has 0 amide bonds. The fourth-order valence-corrected chi connectivity index (χ4v) is 8.12. The van der Waals surface area contributed by atoms with Gasteiger partial charge in [0.05, 0.1) is 11.4 Å². The second kappa shape index (κ2) is 13.0. The zero-order valence-electron chi connectivity index (χ0n) is 29.2. The fourth-order valence-electron chi connectivity index (χ4n) is 8.12. The molecule has 53 heavy (non-hydrogen) atoms. The highest BCUT2D eigenvalue weighted by molar-refractivity contribution is 6.15. The number of benzene rings is 10. The van der Waals surface area contributed by atoms with Gasteiger partial charge >= 0.3 is 0 Å². The molecule has 10 rings (SSSR count). The van der Waals surface area contributed by atoms with Gasteiger partial charge in [-0.25, -0.2) is 0 Å². The molecule has 248 valence electrons. The third kappa shape index (κ3) is 5.42. The Morgan fingerprint density at radius 1 is 0.245 bits per heavy atom. The number of anilines is 3. The van der Waals surface area contributed by atoms with Gasteiger partial charge in [-0.05, 0) is 102 Å². The Hall–Kier alpha value is -6.96. The Balaban J connectivity index is 1.25. The van der Waals surface area contributed by atoms with Gasteiger partial charge in [0, 0.05) is 16.6 Å². The van der Waals surface area contributed by atoms with Crippen molar-refractivity contribution in [2.45, 2.75) is 0 Å². The van der Waals surface area contributed by atoms with E-state index < -0.39 is 0 Å². The molecule has 10 aromatic carbocycles. The van der Waals surface area contributed by atoms with Crippen LogP contribution in [0.4, 0.5) is 17.1 Å². The molecule has 0 aliphatic heterocycles. The van der Waals surface area contributed by atoms with E-state index in [0.29, 0.717) is 0 Å². The van der Waals surface area contributed by atoms with Crippen LogP contribution in [-0.4, -0.2) is 0 Å². The average molecular weight is 674 g/mol. The lowest BCUT2D eigenvalue weighted by Crippen LogP contribution is -2.12. The van der Waals surface area contributed by atoms with Crippen molar-refractivity contribution in [3.8, 4) is 33.4 Å². The zero-order valence-corrected chi connectivity index (χ0v) is 29.2. The predicted octanol–water partition coefficient (Wildman–Crippen LogP) is 14.8. The number of fused-ring (bicyclic) bond motifs is 5. The SMILES string of the molecule is c1ccc(-c2ccc(N(c3cccc(-c4ccc5ccccc5c4)c3)c3ccccc3-c3cc4ccccc4c4ccccc34)c3ccccc23)cc1. The molecule has 0 saturated carbocycles. The molecule has 0 spiro atoms. The summed E-state index contributed by atoms with van der Waals surface area (Å²) in [6.45, 7) is 0. The summed E-state index contributed by atoms with van der Waals surface area (Å²) in [4.78, 5) is 2.47. The van der Waals surface area contributed by atoms with Gasteiger partial charge in [0.25, 0.3) is 0 Å². The van der Waals surface area contributed by atoms with E-state index in [1.54, 1.807) is 0 Å². The van der Waals surface area contributed by atoms with Gasteiger partial charge in [-0.3, -0.25) is 0 Å². The topological polar surface area (TPSA) is 3.24 Å². The van der Waals surface area contributed by atoms with Gasteiger partial charge in [0.1, 0.15) is 0 Å². The van der Waals surface area contributed by atoms with Crippen LogP contribution in [-0.2, 0) is 0 Å². The second-order valence-electron chi connectivity index (χ2n) is 13.7. The normalized spacial score (nSPS) is 11.4. The molecule has 0 bridgehead atoms. The van der Waals surface area contributed by atoms with Crippen molar-refractivity contribution < 1.29 is 0 Å². The van der Waals surface area contributed by atoms with Crippen LogP contribution >= 0.6 is 0 Å². The van der Waals surface area contributed by atoms with Gasteiger partial charge in [0.2, 0.25) is 0 Å². The van der Waals surface area contributed by atoms with E-state index in [4.69, 9.17) is 0 Å². The summed E-state index contributed by atoms with van der Waals surface area (Å²) in [7, 11) is 0. The summed E-state index contributed by atoms with van der Waals surface area (Å²) >= 11 is 0. The summed E-state index contributed by atoms with van der Waals surface area (Å²) in [6, 6.07) is 77.4. The van der Waals surface area contributed by atoms with E-state index in [2.05, 4.69) is 217 Å². The Kier molecular flexibility index (Phi) is 7.55. The maximum atomic E-state index is 2.47. The number of rotatable bonds is 6. The maximum Gasteiger partial charge on any atom is 0.0540 e. The Morgan fingerprint density at radius 2 is 0.849 bits per heavy atom. The molecule has 0 saturated heterocycles. The van der Waals surface area contributed by atoms with Crippen molar-refractivity contribution >= 4 is 60.2 Å². The van der Waals surface area contributed by atoms with Crippen LogP contribution in [0.1, 0.15) is 0 Å². The molecule has 0 radical (unpaired) electrons. The molecular formula is C52H35N. The fraction of sp³-hybridized carbons (Fsp3) is 0. The Morgan fingerprint density at radius 3 is 1.68 bits per heavy atom. The van der Waals surface area contributed by atoms with Crippen LogP contribution in [0.25, 0.3) is 76.5 Å². The third-order valence-electron chi connectivity index (χ3n) is 10.6. The minimum Gasteiger partial charge on any atom is -0.309 e. The highest BCUT2D eigenvalue weighted by Crippen LogP contribution is 2.47. The van der Waals surface area contributed by atoms with E-state index in [-0.39, 0.29) is 0 Å². The molecule has 0 aromatic heterocycles. The highest BCUT2D eigenvalue weighted by Gasteiger charge is 2.22. The van der Waals surface area contributed by atoms with Crippen LogP contribution < -0.4 is 4.90 Å². The molecule has 1 nitrogen and oxygen atoms in total. The van der Waals surface area contributed by atoms with E-state index in [9.17, 15) is 0 Å². The van der Waals surface area contributed by atoms with E-state index in [1.807, 2.05) is 0 Å². The van der Waals surface area contributed by atoms with Crippen molar-refractivity contribution in [2.24, 2.45) is 0 Å². The maximum absolute atomic E-state index is 2.47. The van der Waals surface area contributed by atoms with Crippen LogP contribution in [0.15, 0.2) is 212 Å². The minimum atomic E-state index is 1.10. The number of nitrogens with zero attached hydrogens (tertiary/aromatic N) is 1. The van der Waals surface area contributed by atoms with Gasteiger partial charge in [0.15, 0.2) is 0 Å². The van der Waals surface area contributed by atoms with Crippen LogP contribution in [0.3, 0.4) is 0 Å². The smallest absolute Gasteiger partial charge is 0.0540 e. The molecule has 1 heteroatoms. The minimum absolute atomic E-state index is 1.10. The van der Waals surface area contributed by atoms with Crippen molar-refractivity contribution in [2.75, 3.05) is 4.90 Å². The Labute approximate surface area is 309 Å². The lowest BCUT2D eigenvalue weighted by atomic mass is 9.91. The van der Waals surface area contributed by atoms with Gasteiger partial charge in [-0.1, -0.05) is 176 Å². The lowest BCUT2D eigenvalue weighted by molar-refractivity contribution is 1.30. The molecule has 0 atom stereocenters. The molecule has 0 aliphatic rings. The van der Waals surface area contributed by atoms with Gasteiger partial charge < -0.3 is 4.90 Å². The predicted molar refractivity (Wildman–Crippen MR) is 227 cm³/mol. The average Bonchev–Trinajstić information content (AvgIpc) is 3.24. The summed E-state index contributed by atoms with van der Waals surface area (Å²) in [5.74, 6) is 0. The van der Waals surface area contributed by atoms with E-state index >= 15 is 0 Å². The van der Waals surface area contributed by atoms with Crippen molar-refractivity contribution in [3.05, 3.63) is 212 Å². The molecule has 10 aromatic rings. The lowest BCUT2D eigenvalue weighted by Gasteiger charge is -2.30. The first kappa shape index (κ1) is 30.8. The van der Waals surface area contributed by atoms with Crippen molar-refractivity contribution in [1.29, 1.82) is 0 Å². The number of hydrogen-bond donors (Lipinski definition) is 0.